The number of hydrogen-bond acceptors (Lipinski definition) is 5. The van der Waals surface area contributed by atoms with Crippen LogP contribution in [0, 0.1) is 35.5 Å². The smallest absolute Gasteiger partial charge is 0.273 e. The molecule has 36 heavy (non-hydrogen) atoms. The number of rotatable bonds is 6. The number of imide groups is 1. The van der Waals surface area contributed by atoms with Crippen molar-refractivity contribution in [1.82, 2.24) is 10.0 Å². The van der Waals surface area contributed by atoms with Crippen LogP contribution >= 0.6 is 23.2 Å². The highest BCUT2D eigenvalue weighted by Gasteiger charge is 2.68. The highest BCUT2D eigenvalue weighted by Crippen LogP contribution is 2.65. The Labute approximate surface area is 217 Å². The number of amides is 3. The molecule has 7 rings (SSSR count). The number of methoxy groups -OCH3 is 1. The van der Waals surface area contributed by atoms with Gasteiger partial charge >= 0.3 is 0 Å². The van der Waals surface area contributed by atoms with Crippen LogP contribution in [0.4, 0.5) is 0 Å². The Bertz CT molecular complexity index is 1320. The number of nitrogens with zero attached hydrogens (tertiary/aromatic N) is 2. The van der Waals surface area contributed by atoms with E-state index in [1.807, 2.05) is 0 Å². The van der Waals surface area contributed by atoms with Crippen LogP contribution in [0.15, 0.2) is 54.6 Å². The molecular formula is C27H22Cl2N2O5. The fraction of sp³-hybridized carbons (Fsp3) is 0.333. The molecule has 0 aromatic heterocycles. The van der Waals surface area contributed by atoms with Gasteiger partial charge in [0.2, 0.25) is 0 Å². The SMILES string of the molecule is COc1cccc(C(=O)CN(C(=O)c2ccc(Cl)c(Cl)c2)N2C(=O)[C@H]3[C@@H]4C=C[C@@H]([C@H]5C[C@H]45)[C@@H]3C2=O)c1. The lowest BCUT2D eigenvalue weighted by molar-refractivity contribution is -0.154. The van der Waals surface area contributed by atoms with Crippen LogP contribution in [-0.2, 0) is 9.59 Å². The summed E-state index contributed by atoms with van der Waals surface area (Å²) in [5.74, 6) is -1.72. The van der Waals surface area contributed by atoms with Crippen LogP contribution in [0.25, 0.3) is 0 Å². The Morgan fingerprint density at radius 3 is 2.22 bits per heavy atom. The molecule has 0 unspecified atom stereocenters. The van der Waals surface area contributed by atoms with Gasteiger partial charge in [-0.05, 0) is 60.4 Å². The average Bonchev–Trinajstić information content (AvgIpc) is 3.67. The average molecular weight is 525 g/mol. The second-order valence-corrected chi connectivity index (χ2v) is 10.6. The van der Waals surface area contributed by atoms with Gasteiger partial charge in [-0.2, -0.15) is 5.01 Å². The van der Waals surface area contributed by atoms with E-state index in [0.717, 1.165) is 16.4 Å². The summed E-state index contributed by atoms with van der Waals surface area (Å²) in [6.45, 7) is -0.501. The van der Waals surface area contributed by atoms with Crippen molar-refractivity contribution in [2.75, 3.05) is 13.7 Å². The number of ketones is 1. The molecule has 9 heteroatoms. The van der Waals surface area contributed by atoms with Gasteiger partial charge in [0.15, 0.2) is 5.78 Å². The van der Waals surface area contributed by atoms with Gasteiger partial charge in [0.05, 0.1) is 29.0 Å². The first-order valence-corrected chi connectivity index (χ1v) is 12.6. The Hall–Kier alpha value is -3.16. The van der Waals surface area contributed by atoms with E-state index in [0.29, 0.717) is 23.1 Å². The molecule has 5 aliphatic rings. The quantitative estimate of drug-likeness (QED) is 0.319. The molecule has 2 saturated carbocycles. The largest absolute Gasteiger partial charge is 0.497 e. The number of benzene rings is 2. The Balaban J connectivity index is 1.37. The van der Waals surface area contributed by atoms with Crippen molar-refractivity contribution in [3.05, 3.63) is 75.8 Å². The van der Waals surface area contributed by atoms with Gasteiger partial charge in [0.25, 0.3) is 17.7 Å². The van der Waals surface area contributed by atoms with Crippen LogP contribution in [0.3, 0.4) is 0 Å². The summed E-state index contributed by atoms with van der Waals surface area (Å²) in [6.07, 6.45) is 5.14. The number of allylic oxidation sites excluding steroid dienone is 2. The number of halogens is 2. The molecule has 2 aromatic carbocycles. The van der Waals surface area contributed by atoms with Gasteiger partial charge in [-0.3, -0.25) is 19.2 Å². The molecule has 1 heterocycles. The maximum Gasteiger partial charge on any atom is 0.273 e. The predicted octanol–water partition coefficient (Wildman–Crippen LogP) is 4.30. The highest BCUT2D eigenvalue weighted by molar-refractivity contribution is 6.42. The van der Waals surface area contributed by atoms with Crippen LogP contribution in [0.2, 0.25) is 10.0 Å². The molecule has 2 aromatic rings. The van der Waals surface area contributed by atoms with Crippen molar-refractivity contribution < 1.29 is 23.9 Å². The van der Waals surface area contributed by atoms with E-state index in [1.165, 1.54) is 25.3 Å². The van der Waals surface area contributed by atoms with E-state index in [4.69, 9.17) is 27.9 Å². The lowest BCUT2D eigenvalue weighted by Crippen LogP contribution is -2.52. The number of carbonyl (C=O) groups excluding carboxylic acids is 4. The Kier molecular flexibility index (Phi) is 5.46. The summed E-state index contributed by atoms with van der Waals surface area (Å²) in [7, 11) is 1.49. The third-order valence-electron chi connectivity index (χ3n) is 7.97. The monoisotopic (exact) mass is 524 g/mol. The second-order valence-electron chi connectivity index (χ2n) is 9.79. The minimum atomic E-state index is -0.685. The van der Waals surface area contributed by atoms with Crippen molar-refractivity contribution in [1.29, 1.82) is 0 Å². The number of Topliss-reactive ketones (excluding diaryl/α,β-unsaturated/α-hetero) is 1. The summed E-state index contributed by atoms with van der Waals surface area (Å²) in [5.41, 5.74) is 0.406. The molecule has 184 valence electrons. The van der Waals surface area contributed by atoms with Crippen LogP contribution in [0.5, 0.6) is 5.75 Å². The molecule has 3 amide bonds. The van der Waals surface area contributed by atoms with Gasteiger partial charge in [-0.15, -0.1) is 0 Å². The minimum absolute atomic E-state index is 0.0116. The molecule has 0 spiro atoms. The number of carbonyl (C=O) groups is 4. The van der Waals surface area contributed by atoms with E-state index >= 15 is 0 Å². The Morgan fingerprint density at radius 2 is 1.61 bits per heavy atom. The van der Waals surface area contributed by atoms with Crippen LogP contribution in [-0.4, -0.2) is 47.2 Å². The van der Waals surface area contributed by atoms with Gasteiger partial charge < -0.3 is 4.74 Å². The third kappa shape index (κ3) is 3.48. The zero-order valence-corrected chi connectivity index (χ0v) is 20.8. The molecule has 7 nitrogen and oxygen atoms in total. The summed E-state index contributed by atoms with van der Waals surface area (Å²) in [5, 5.41) is 2.29. The third-order valence-corrected chi connectivity index (χ3v) is 8.71. The van der Waals surface area contributed by atoms with E-state index in [-0.39, 0.29) is 27.4 Å². The fourth-order valence-electron chi connectivity index (χ4n) is 6.21. The fourth-order valence-corrected chi connectivity index (χ4v) is 6.51. The van der Waals surface area contributed by atoms with Gasteiger partial charge in [0, 0.05) is 11.1 Å². The van der Waals surface area contributed by atoms with E-state index in [1.54, 1.807) is 24.3 Å². The second kappa shape index (κ2) is 8.46. The molecule has 2 bridgehead atoms. The van der Waals surface area contributed by atoms with Crippen LogP contribution < -0.4 is 4.74 Å². The lowest BCUT2D eigenvalue weighted by Gasteiger charge is -2.37. The van der Waals surface area contributed by atoms with Crippen molar-refractivity contribution in [2.45, 2.75) is 6.42 Å². The maximum atomic E-state index is 13.7. The molecule has 1 aliphatic heterocycles. The van der Waals surface area contributed by atoms with E-state index in [9.17, 15) is 19.2 Å². The number of hydrazine groups is 1. The van der Waals surface area contributed by atoms with Crippen molar-refractivity contribution in [3.8, 4) is 5.75 Å². The zero-order valence-electron chi connectivity index (χ0n) is 19.3. The van der Waals surface area contributed by atoms with Crippen molar-refractivity contribution in [3.63, 3.8) is 0 Å². The van der Waals surface area contributed by atoms with Gasteiger partial charge in [0.1, 0.15) is 12.3 Å². The molecule has 0 radical (unpaired) electrons. The normalized spacial score (nSPS) is 29.1. The number of hydrogen-bond donors (Lipinski definition) is 0. The zero-order chi connectivity index (χ0) is 25.3. The van der Waals surface area contributed by atoms with Crippen molar-refractivity contribution >= 4 is 46.7 Å². The minimum Gasteiger partial charge on any atom is -0.497 e. The lowest BCUT2D eigenvalue weighted by atomic mass is 9.63. The van der Waals surface area contributed by atoms with E-state index < -0.39 is 41.9 Å². The molecular weight excluding hydrogens is 503 g/mol. The summed E-state index contributed by atoms with van der Waals surface area (Å²) < 4.78 is 5.21. The predicted molar refractivity (Wildman–Crippen MR) is 131 cm³/mol. The first kappa shape index (κ1) is 23.3. The van der Waals surface area contributed by atoms with Gasteiger partial charge in [-0.1, -0.05) is 47.5 Å². The Morgan fingerprint density at radius 1 is 0.944 bits per heavy atom. The standard InChI is InChI=1S/C27H22Cl2N2O5/c1-36-15-4-2-3-13(9-15)22(32)12-30(25(33)14-5-8-20(28)21(29)10-14)31-26(34)23-16-6-7-17(19-11-18(16)19)24(23)27(31)35/h2-10,16-19,23-24H,11-12H2,1H3/t16-,17+,18-,19-,23+,24+/m1/s1. The molecule has 3 fully saturated rings. The summed E-state index contributed by atoms with van der Waals surface area (Å²) >= 11 is 12.2. The molecule has 4 aliphatic carbocycles. The van der Waals surface area contributed by atoms with Crippen molar-refractivity contribution in [2.24, 2.45) is 35.5 Å². The maximum absolute atomic E-state index is 13.7. The first-order valence-electron chi connectivity index (χ1n) is 11.8. The summed E-state index contributed by atoms with van der Waals surface area (Å²) in [4.78, 5) is 54.5. The first-order chi connectivity index (χ1) is 17.3. The molecule has 1 saturated heterocycles. The number of ether oxygens (including phenoxy) is 1. The molecule has 0 N–H and O–H groups in total. The van der Waals surface area contributed by atoms with Gasteiger partial charge in [-0.25, -0.2) is 5.01 Å². The van der Waals surface area contributed by atoms with Crippen LogP contribution in [0.1, 0.15) is 27.1 Å². The molecule has 6 atom stereocenters. The summed E-state index contributed by atoms with van der Waals surface area (Å²) in [6, 6.07) is 10.8. The highest BCUT2D eigenvalue weighted by atomic mass is 35.5. The topological polar surface area (TPSA) is 84.0 Å². The van der Waals surface area contributed by atoms with E-state index in [2.05, 4.69) is 12.2 Å².